The molecule has 2 saturated heterocycles. The predicted molar refractivity (Wildman–Crippen MR) is 102 cm³/mol. The highest BCUT2D eigenvalue weighted by atomic mass is 16.5. The number of H-pyrrole nitrogens is 1. The van der Waals surface area contributed by atoms with Gasteiger partial charge in [-0.05, 0) is 11.6 Å². The number of nitrogens with one attached hydrogen (secondary N) is 1. The summed E-state index contributed by atoms with van der Waals surface area (Å²) in [5.41, 5.74) is 2.63. The van der Waals surface area contributed by atoms with Crippen LogP contribution in [0.1, 0.15) is 11.3 Å². The summed E-state index contributed by atoms with van der Waals surface area (Å²) in [7, 11) is 1.60. The maximum Gasteiger partial charge on any atom is 0.251 e. The fraction of sp³-hybridized carbons (Fsp3) is 0.500. The molecule has 2 fully saturated rings. The second-order valence-electron chi connectivity index (χ2n) is 7.21. The van der Waals surface area contributed by atoms with Crippen molar-refractivity contribution in [2.75, 3.05) is 46.5 Å². The van der Waals surface area contributed by atoms with Crippen LogP contribution in [0, 0.1) is 0 Å². The van der Waals surface area contributed by atoms with E-state index in [-0.39, 0.29) is 5.56 Å². The zero-order valence-corrected chi connectivity index (χ0v) is 15.7. The molecule has 27 heavy (non-hydrogen) atoms. The molecule has 0 spiro atoms. The molecule has 0 bridgehead atoms. The van der Waals surface area contributed by atoms with Gasteiger partial charge in [0.15, 0.2) is 0 Å². The van der Waals surface area contributed by atoms with Gasteiger partial charge in [-0.25, -0.2) is 4.98 Å². The van der Waals surface area contributed by atoms with Crippen LogP contribution >= 0.6 is 0 Å². The summed E-state index contributed by atoms with van der Waals surface area (Å²) in [6.07, 6.45) is 0. The molecule has 1 aromatic heterocycles. The Hall–Kier alpha value is -2.06. The van der Waals surface area contributed by atoms with Gasteiger partial charge >= 0.3 is 0 Å². The van der Waals surface area contributed by atoms with E-state index in [4.69, 9.17) is 9.47 Å². The zero-order chi connectivity index (χ0) is 18.6. The number of nitrogens with zero attached hydrogens (tertiary/aromatic N) is 3. The highest BCUT2D eigenvalue weighted by Crippen LogP contribution is 2.21. The lowest BCUT2D eigenvalue weighted by Gasteiger charge is -2.46. The number of benzene rings is 1. The maximum atomic E-state index is 11.9. The van der Waals surface area contributed by atoms with E-state index in [9.17, 15) is 4.79 Å². The summed E-state index contributed by atoms with van der Waals surface area (Å²) in [5.74, 6) is 0.589. The summed E-state index contributed by atoms with van der Waals surface area (Å²) in [5, 5.41) is 0. The van der Waals surface area contributed by atoms with E-state index in [2.05, 4.69) is 31.9 Å². The Bertz CT molecular complexity index is 826. The van der Waals surface area contributed by atoms with Crippen molar-refractivity contribution in [1.82, 2.24) is 19.8 Å². The molecule has 2 aliphatic heterocycles. The molecular weight excluding hydrogens is 344 g/mol. The fourth-order valence-corrected chi connectivity index (χ4v) is 3.79. The van der Waals surface area contributed by atoms with Crippen molar-refractivity contribution in [1.29, 1.82) is 0 Å². The number of methoxy groups -OCH3 is 1. The minimum atomic E-state index is -0.159. The first-order chi connectivity index (χ1) is 13.2. The minimum Gasteiger partial charge on any atom is -0.379 e. The SMILES string of the molecule is COCc1cc(=O)[nH]c(-c2cccc(CN3CC(N4CCOCC4)C3)c2)n1. The first-order valence-corrected chi connectivity index (χ1v) is 9.44. The molecular formula is C20H26N4O3. The Balaban J connectivity index is 1.41. The van der Waals surface area contributed by atoms with Gasteiger partial charge in [0.25, 0.3) is 5.56 Å². The third-order valence-corrected chi connectivity index (χ3v) is 5.19. The van der Waals surface area contributed by atoms with Crippen molar-refractivity contribution >= 4 is 0 Å². The summed E-state index contributed by atoms with van der Waals surface area (Å²) >= 11 is 0. The average Bonchev–Trinajstić information content (AvgIpc) is 2.65. The quantitative estimate of drug-likeness (QED) is 0.821. The average molecular weight is 370 g/mol. The van der Waals surface area contributed by atoms with Gasteiger partial charge in [0.05, 0.1) is 25.5 Å². The molecule has 3 heterocycles. The summed E-state index contributed by atoms with van der Waals surface area (Å²) in [6, 6.07) is 10.4. The second kappa shape index (κ2) is 8.31. The lowest BCUT2D eigenvalue weighted by Crippen LogP contribution is -2.60. The molecule has 2 aliphatic rings. The van der Waals surface area contributed by atoms with Crippen molar-refractivity contribution in [3.63, 3.8) is 0 Å². The molecule has 2 aromatic rings. The summed E-state index contributed by atoms with van der Waals surface area (Å²) in [4.78, 5) is 24.2. The second-order valence-corrected chi connectivity index (χ2v) is 7.21. The number of rotatable bonds is 6. The van der Waals surface area contributed by atoms with Crippen molar-refractivity contribution in [3.8, 4) is 11.4 Å². The number of aromatic amines is 1. The van der Waals surface area contributed by atoms with Crippen molar-refractivity contribution < 1.29 is 9.47 Å². The van der Waals surface area contributed by atoms with Crippen LogP contribution in [0.15, 0.2) is 35.1 Å². The van der Waals surface area contributed by atoms with Crippen LogP contribution < -0.4 is 5.56 Å². The molecule has 1 aromatic carbocycles. The normalized spacial score (nSPS) is 19.1. The topological polar surface area (TPSA) is 70.7 Å². The van der Waals surface area contributed by atoms with Gasteiger partial charge in [-0.3, -0.25) is 14.6 Å². The lowest BCUT2D eigenvalue weighted by molar-refractivity contribution is -0.0344. The Morgan fingerprint density at radius 1 is 1.26 bits per heavy atom. The van der Waals surface area contributed by atoms with Crippen LogP contribution in [0.3, 0.4) is 0 Å². The van der Waals surface area contributed by atoms with Gasteiger partial charge in [0.2, 0.25) is 0 Å². The number of hydrogen-bond acceptors (Lipinski definition) is 6. The van der Waals surface area contributed by atoms with Gasteiger partial charge in [0, 0.05) is 57.5 Å². The van der Waals surface area contributed by atoms with E-state index in [1.807, 2.05) is 12.1 Å². The van der Waals surface area contributed by atoms with E-state index in [1.165, 1.54) is 11.6 Å². The van der Waals surface area contributed by atoms with Crippen molar-refractivity contribution in [3.05, 3.63) is 51.9 Å². The first kappa shape index (κ1) is 18.3. The third kappa shape index (κ3) is 4.44. The first-order valence-electron chi connectivity index (χ1n) is 9.44. The van der Waals surface area contributed by atoms with Gasteiger partial charge < -0.3 is 14.5 Å². The molecule has 0 atom stereocenters. The van der Waals surface area contributed by atoms with Crippen LogP contribution in [0.4, 0.5) is 0 Å². The molecule has 4 rings (SSSR count). The molecule has 144 valence electrons. The minimum absolute atomic E-state index is 0.159. The Labute approximate surface area is 158 Å². The van der Waals surface area contributed by atoms with Gasteiger partial charge in [-0.2, -0.15) is 0 Å². The highest BCUT2D eigenvalue weighted by molar-refractivity contribution is 5.56. The highest BCUT2D eigenvalue weighted by Gasteiger charge is 2.32. The van der Waals surface area contributed by atoms with Crippen LogP contribution in [-0.4, -0.2) is 72.3 Å². The van der Waals surface area contributed by atoms with Crippen molar-refractivity contribution in [2.24, 2.45) is 0 Å². The number of hydrogen-bond donors (Lipinski definition) is 1. The van der Waals surface area contributed by atoms with E-state index in [0.717, 1.165) is 51.5 Å². The Kier molecular flexibility index (Phi) is 5.63. The maximum absolute atomic E-state index is 11.9. The standard InChI is InChI=1S/C20H26N4O3/c1-26-14-17-10-19(25)22-20(21-17)16-4-2-3-15(9-16)11-23-12-18(13-23)24-5-7-27-8-6-24/h2-4,9-10,18H,5-8,11-14H2,1H3,(H,21,22,25). The van der Waals surface area contributed by atoms with Crippen molar-refractivity contribution in [2.45, 2.75) is 19.2 Å². The number of likely N-dealkylation sites (tertiary alicyclic amines) is 1. The van der Waals surface area contributed by atoms with Crippen LogP contribution in [0.25, 0.3) is 11.4 Å². The molecule has 7 nitrogen and oxygen atoms in total. The molecule has 7 heteroatoms. The number of morpholine rings is 1. The smallest absolute Gasteiger partial charge is 0.251 e. The fourth-order valence-electron chi connectivity index (χ4n) is 3.79. The zero-order valence-electron chi connectivity index (χ0n) is 15.7. The van der Waals surface area contributed by atoms with E-state index < -0.39 is 0 Å². The molecule has 0 radical (unpaired) electrons. The number of aromatic nitrogens is 2. The van der Waals surface area contributed by atoms with Gasteiger partial charge in [-0.15, -0.1) is 0 Å². The van der Waals surface area contributed by atoms with E-state index in [1.54, 1.807) is 7.11 Å². The van der Waals surface area contributed by atoms with Crippen LogP contribution in [0.5, 0.6) is 0 Å². The van der Waals surface area contributed by atoms with Gasteiger partial charge in [0.1, 0.15) is 5.82 Å². The van der Waals surface area contributed by atoms with Gasteiger partial charge in [-0.1, -0.05) is 18.2 Å². The summed E-state index contributed by atoms with van der Waals surface area (Å²) in [6.45, 7) is 7.24. The monoisotopic (exact) mass is 370 g/mol. The Morgan fingerprint density at radius 3 is 2.85 bits per heavy atom. The predicted octanol–water partition coefficient (Wildman–Crippen LogP) is 1.10. The molecule has 1 N–H and O–H groups in total. The largest absolute Gasteiger partial charge is 0.379 e. The Morgan fingerprint density at radius 2 is 2.07 bits per heavy atom. The third-order valence-electron chi connectivity index (χ3n) is 5.19. The molecule has 0 unspecified atom stereocenters. The molecule has 0 amide bonds. The molecule has 0 saturated carbocycles. The van der Waals surface area contributed by atoms with E-state index >= 15 is 0 Å². The van der Waals surface area contributed by atoms with Crippen LogP contribution in [-0.2, 0) is 22.6 Å². The number of ether oxygens (including phenoxy) is 2. The lowest BCUT2D eigenvalue weighted by atomic mass is 10.0. The molecule has 0 aliphatic carbocycles. The summed E-state index contributed by atoms with van der Waals surface area (Å²) < 4.78 is 10.5. The van der Waals surface area contributed by atoms with Crippen LogP contribution in [0.2, 0.25) is 0 Å². The van der Waals surface area contributed by atoms with E-state index in [0.29, 0.717) is 24.2 Å².